The number of hydrogen-bond acceptors (Lipinski definition) is 5. The van der Waals surface area contributed by atoms with Crippen LogP contribution in [-0.4, -0.2) is 38.5 Å². The maximum Gasteiger partial charge on any atom is 0.259 e. The van der Waals surface area contributed by atoms with Gasteiger partial charge in [0.1, 0.15) is 0 Å². The van der Waals surface area contributed by atoms with Crippen molar-refractivity contribution < 1.29 is 9.32 Å². The van der Waals surface area contributed by atoms with Crippen LogP contribution < -0.4 is 0 Å². The zero-order valence-electron chi connectivity index (χ0n) is 13.4. The Hall–Kier alpha value is -2.24. The van der Waals surface area contributed by atoms with Crippen LogP contribution in [0.2, 0.25) is 0 Å². The number of pyridine rings is 1. The van der Waals surface area contributed by atoms with Crippen molar-refractivity contribution in [2.24, 2.45) is 0 Å². The molecule has 3 heterocycles. The van der Waals surface area contributed by atoms with Crippen LogP contribution >= 0.6 is 0 Å². The number of carbonyl (C=O) groups excluding carboxylic acids is 1. The van der Waals surface area contributed by atoms with Crippen LogP contribution in [0, 0.1) is 0 Å². The van der Waals surface area contributed by atoms with E-state index in [4.69, 9.17) is 4.52 Å². The molecule has 0 aliphatic carbocycles. The molecule has 0 N–H and O–H groups in total. The van der Waals surface area contributed by atoms with Crippen molar-refractivity contribution in [1.29, 1.82) is 0 Å². The predicted octanol–water partition coefficient (Wildman–Crippen LogP) is 2.86. The third-order valence-corrected chi connectivity index (χ3v) is 4.24. The maximum absolute atomic E-state index is 12.3. The minimum absolute atomic E-state index is 0.193. The third kappa shape index (κ3) is 3.75. The summed E-state index contributed by atoms with van der Waals surface area (Å²) in [7, 11) is 0. The molecule has 2 aromatic rings. The van der Waals surface area contributed by atoms with E-state index in [2.05, 4.69) is 22.0 Å². The fourth-order valence-electron chi connectivity index (χ4n) is 3.00. The Kier molecular flexibility index (Phi) is 5.00. The molecule has 1 amide bonds. The van der Waals surface area contributed by atoms with Crippen LogP contribution in [0.4, 0.5) is 0 Å². The first-order valence-electron chi connectivity index (χ1n) is 8.30. The van der Waals surface area contributed by atoms with E-state index < -0.39 is 0 Å². The largest absolute Gasteiger partial charge is 0.339 e. The summed E-state index contributed by atoms with van der Waals surface area (Å²) in [5.74, 6) is 1.39. The highest BCUT2D eigenvalue weighted by molar-refractivity contribution is 5.76. The van der Waals surface area contributed by atoms with Crippen molar-refractivity contribution in [2.45, 2.75) is 51.5 Å². The summed E-state index contributed by atoms with van der Waals surface area (Å²) in [6.07, 6.45) is 8.76. The monoisotopic (exact) mass is 314 g/mol. The number of amides is 1. The Morgan fingerprint density at radius 1 is 1.48 bits per heavy atom. The third-order valence-electron chi connectivity index (χ3n) is 4.24. The van der Waals surface area contributed by atoms with Gasteiger partial charge in [0.25, 0.3) is 5.89 Å². The molecule has 1 aliphatic heterocycles. The summed E-state index contributed by atoms with van der Waals surface area (Å²) in [5, 5.41) is 4.06. The summed E-state index contributed by atoms with van der Waals surface area (Å²) in [4.78, 5) is 22.8. The highest BCUT2D eigenvalue weighted by Crippen LogP contribution is 2.23. The highest BCUT2D eigenvalue weighted by Gasteiger charge is 2.29. The van der Waals surface area contributed by atoms with E-state index in [9.17, 15) is 4.79 Å². The lowest BCUT2D eigenvalue weighted by atomic mass is 10.1. The second-order valence-corrected chi connectivity index (χ2v) is 5.95. The summed E-state index contributed by atoms with van der Waals surface area (Å²) in [6, 6.07) is 3.92. The first kappa shape index (κ1) is 15.6. The molecule has 1 unspecified atom stereocenters. The SMILES string of the molecule is CCCCC(=O)N1CCCC1Cc1noc(-c2cccnc2)n1. The summed E-state index contributed by atoms with van der Waals surface area (Å²) in [5.41, 5.74) is 0.813. The van der Waals surface area contributed by atoms with E-state index in [0.717, 1.165) is 37.8 Å². The number of aromatic nitrogens is 3. The molecule has 122 valence electrons. The molecule has 1 saturated heterocycles. The van der Waals surface area contributed by atoms with Gasteiger partial charge < -0.3 is 9.42 Å². The van der Waals surface area contributed by atoms with Crippen molar-refractivity contribution in [3.63, 3.8) is 0 Å². The van der Waals surface area contributed by atoms with Gasteiger partial charge in [-0.15, -0.1) is 0 Å². The Bertz CT molecular complexity index is 641. The van der Waals surface area contributed by atoms with Crippen molar-refractivity contribution in [1.82, 2.24) is 20.0 Å². The first-order chi connectivity index (χ1) is 11.3. The van der Waals surface area contributed by atoms with E-state index >= 15 is 0 Å². The molecular formula is C17H22N4O2. The first-order valence-corrected chi connectivity index (χ1v) is 8.30. The van der Waals surface area contributed by atoms with Crippen LogP contribution in [0.5, 0.6) is 0 Å². The standard InChI is InChI=1S/C17H22N4O2/c1-2-3-8-16(22)21-10-5-7-14(21)11-15-19-17(23-20-15)13-6-4-9-18-12-13/h4,6,9,12,14H,2-3,5,7-8,10-11H2,1H3. The van der Waals surface area contributed by atoms with Crippen LogP contribution in [0.15, 0.2) is 29.0 Å². The molecule has 23 heavy (non-hydrogen) atoms. The summed E-state index contributed by atoms with van der Waals surface area (Å²) in [6.45, 7) is 2.95. The normalized spacial score (nSPS) is 17.6. The van der Waals surface area contributed by atoms with Crippen molar-refractivity contribution in [3.05, 3.63) is 30.4 Å². The zero-order valence-corrected chi connectivity index (χ0v) is 13.4. The summed E-state index contributed by atoms with van der Waals surface area (Å²) < 4.78 is 5.32. The second-order valence-electron chi connectivity index (χ2n) is 5.95. The molecule has 1 atom stereocenters. The van der Waals surface area contributed by atoms with Gasteiger partial charge in [0.15, 0.2) is 5.82 Å². The molecule has 0 saturated carbocycles. The van der Waals surface area contributed by atoms with E-state index in [1.165, 1.54) is 0 Å². The Morgan fingerprint density at radius 2 is 2.39 bits per heavy atom. The van der Waals surface area contributed by atoms with Crippen LogP contribution in [-0.2, 0) is 11.2 Å². The minimum atomic E-state index is 0.193. The minimum Gasteiger partial charge on any atom is -0.339 e. The van der Waals surface area contributed by atoms with Crippen molar-refractivity contribution in [2.75, 3.05) is 6.54 Å². The van der Waals surface area contributed by atoms with Gasteiger partial charge in [0, 0.05) is 37.8 Å². The highest BCUT2D eigenvalue weighted by atomic mass is 16.5. The zero-order chi connectivity index (χ0) is 16.1. The van der Waals surface area contributed by atoms with Gasteiger partial charge in [-0.3, -0.25) is 9.78 Å². The average molecular weight is 314 g/mol. The van der Waals surface area contributed by atoms with E-state index in [1.807, 2.05) is 17.0 Å². The van der Waals surface area contributed by atoms with Gasteiger partial charge in [-0.25, -0.2) is 0 Å². The lowest BCUT2D eigenvalue weighted by Crippen LogP contribution is -2.36. The van der Waals surface area contributed by atoms with E-state index in [-0.39, 0.29) is 11.9 Å². The van der Waals surface area contributed by atoms with Gasteiger partial charge in [0.05, 0.1) is 5.56 Å². The topological polar surface area (TPSA) is 72.1 Å². The maximum atomic E-state index is 12.3. The number of hydrogen-bond donors (Lipinski definition) is 0. The Morgan fingerprint density at radius 3 is 3.17 bits per heavy atom. The lowest BCUT2D eigenvalue weighted by molar-refractivity contribution is -0.132. The Balaban J connectivity index is 1.65. The molecule has 1 aliphatic rings. The predicted molar refractivity (Wildman–Crippen MR) is 85.5 cm³/mol. The quantitative estimate of drug-likeness (QED) is 0.820. The molecule has 1 fully saturated rings. The number of likely N-dealkylation sites (tertiary alicyclic amines) is 1. The number of nitrogens with zero attached hydrogens (tertiary/aromatic N) is 4. The number of unbranched alkanes of at least 4 members (excludes halogenated alkanes) is 1. The lowest BCUT2D eigenvalue weighted by Gasteiger charge is -2.23. The fraction of sp³-hybridized carbons (Fsp3) is 0.529. The van der Waals surface area contributed by atoms with Crippen LogP contribution in [0.25, 0.3) is 11.5 Å². The van der Waals surface area contributed by atoms with Crippen LogP contribution in [0.3, 0.4) is 0 Å². The number of rotatable bonds is 6. The molecule has 0 radical (unpaired) electrons. The molecule has 0 spiro atoms. The molecule has 6 nitrogen and oxygen atoms in total. The molecule has 6 heteroatoms. The van der Waals surface area contributed by atoms with E-state index in [0.29, 0.717) is 24.6 Å². The molecular weight excluding hydrogens is 292 g/mol. The molecule has 2 aromatic heterocycles. The van der Waals surface area contributed by atoms with Gasteiger partial charge in [0.2, 0.25) is 5.91 Å². The van der Waals surface area contributed by atoms with Crippen molar-refractivity contribution in [3.8, 4) is 11.5 Å². The van der Waals surface area contributed by atoms with Gasteiger partial charge >= 0.3 is 0 Å². The fourth-order valence-corrected chi connectivity index (χ4v) is 3.00. The average Bonchev–Trinajstić information content (AvgIpc) is 3.23. The second kappa shape index (κ2) is 7.35. The van der Waals surface area contributed by atoms with Gasteiger partial charge in [-0.2, -0.15) is 4.98 Å². The Labute approximate surface area is 135 Å². The van der Waals surface area contributed by atoms with Gasteiger partial charge in [-0.1, -0.05) is 18.5 Å². The smallest absolute Gasteiger partial charge is 0.259 e. The number of carbonyl (C=O) groups is 1. The van der Waals surface area contributed by atoms with E-state index in [1.54, 1.807) is 12.4 Å². The van der Waals surface area contributed by atoms with Crippen molar-refractivity contribution >= 4 is 5.91 Å². The molecule has 0 aromatic carbocycles. The van der Waals surface area contributed by atoms with Crippen LogP contribution in [0.1, 0.15) is 44.9 Å². The van der Waals surface area contributed by atoms with Gasteiger partial charge in [-0.05, 0) is 31.4 Å². The molecule has 3 rings (SSSR count). The molecule has 0 bridgehead atoms. The summed E-state index contributed by atoms with van der Waals surface area (Å²) >= 11 is 0.